The quantitative estimate of drug-likeness (QED) is 0.808. The van der Waals surface area contributed by atoms with E-state index in [0.717, 1.165) is 12.8 Å². The Labute approximate surface area is 110 Å². The summed E-state index contributed by atoms with van der Waals surface area (Å²) in [5.74, 6) is -0.0248. The van der Waals surface area contributed by atoms with E-state index in [1.807, 2.05) is 0 Å². The second-order valence-corrected chi connectivity index (χ2v) is 10.2. The Bertz CT molecular complexity index is 453. The predicted molar refractivity (Wildman–Crippen MR) is 72.9 cm³/mol. The van der Waals surface area contributed by atoms with Crippen molar-refractivity contribution in [1.82, 2.24) is 0 Å². The van der Waals surface area contributed by atoms with Crippen molar-refractivity contribution in [2.24, 2.45) is 11.7 Å². The van der Waals surface area contributed by atoms with Gasteiger partial charge < -0.3 is 5.73 Å². The van der Waals surface area contributed by atoms with E-state index in [1.54, 1.807) is 6.92 Å². The third-order valence-electron chi connectivity index (χ3n) is 4.03. The van der Waals surface area contributed by atoms with E-state index >= 15 is 0 Å². The maximum Gasteiger partial charge on any atom is 0.151 e. The molecule has 0 bridgehead atoms. The van der Waals surface area contributed by atoms with Crippen molar-refractivity contribution in [2.45, 2.75) is 49.1 Å². The molecule has 4 atom stereocenters. The first-order valence-corrected chi connectivity index (χ1v) is 10.1. The normalized spacial score (nSPS) is 29.8. The van der Waals surface area contributed by atoms with Crippen LogP contribution in [-0.4, -0.2) is 45.9 Å². The molecule has 1 aliphatic rings. The minimum atomic E-state index is -3.18. The molecule has 0 aromatic rings. The first kappa shape index (κ1) is 15.9. The molecule has 1 rings (SSSR count). The molecule has 2 N–H and O–H groups in total. The minimum absolute atomic E-state index is 0.0248. The van der Waals surface area contributed by atoms with E-state index in [-0.39, 0.29) is 11.2 Å². The van der Waals surface area contributed by atoms with Gasteiger partial charge in [0.25, 0.3) is 0 Å². The molecule has 18 heavy (non-hydrogen) atoms. The average molecular weight is 297 g/mol. The van der Waals surface area contributed by atoms with Crippen LogP contribution in [0.15, 0.2) is 0 Å². The van der Waals surface area contributed by atoms with E-state index < -0.39 is 31.0 Å². The maximum atomic E-state index is 11.6. The number of nitrogens with two attached hydrogens (primary N) is 1. The van der Waals surface area contributed by atoms with Crippen molar-refractivity contribution < 1.29 is 16.8 Å². The van der Waals surface area contributed by atoms with Crippen molar-refractivity contribution in [3.63, 3.8) is 0 Å². The monoisotopic (exact) mass is 297 g/mol. The largest absolute Gasteiger partial charge is 0.326 e. The summed E-state index contributed by atoms with van der Waals surface area (Å²) in [7, 11) is -6.24. The Morgan fingerprint density at radius 3 is 2.11 bits per heavy atom. The molecular weight excluding hydrogens is 274 g/mol. The third-order valence-corrected chi connectivity index (χ3v) is 7.34. The van der Waals surface area contributed by atoms with Crippen LogP contribution >= 0.6 is 0 Å². The summed E-state index contributed by atoms with van der Waals surface area (Å²) in [5.41, 5.74) is 6.01. The van der Waals surface area contributed by atoms with E-state index in [9.17, 15) is 16.8 Å². The zero-order valence-corrected chi connectivity index (χ0v) is 12.8. The van der Waals surface area contributed by atoms with Gasteiger partial charge in [-0.15, -0.1) is 0 Å². The summed E-state index contributed by atoms with van der Waals surface area (Å²) in [6.45, 7) is 1.60. The van der Waals surface area contributed by atoms with Crippen LogP contribution in [0.5, 0.6) is 0 Å². The molecule has 108 valence electrons. The molecule has 5 nitrogen and oxygen atoms in total. The number of hydrogen-bond acceptors (Lipinski definition) is 5. The Hall–Kier alpha value is -0.140. The van der Waals surface area contributed by atoms with Crippen LogP contribution in [0.3, 0.4) is 0 Å². The number of hydrogen-bond donors (Lipinski definition) is 1. The maximum absolute atomic E-state index is 11.6. The molecule has 1 aliphatic carbocycles. The summed E-state index contributed by atoms with van der Waals surface area (Å²) < 4.78 is 46.1. The van der Waals surface area contributed by atoms with Crippen LogP contribution in [0.1, 0.15) is 32.6 Å². The first-order valence-electron chi connectivity index (χ1n) is 6.16. The van der Waals surface area contributed by atoms with E-state index in [2.05, 4.69) is 0 Å². The van der Waals surface area contributed by atoms with E-state index in [1.165, 1.54) is 12.5 Å². The lowest BCUT2D eigenvalue weighted by atomic mass is 9.83. The van der Waals surface area contributed by atoms with Gasteiger partial charge in [0.05, 0.1) is 10.5 Å². The topological polar surface area (TPSA) is 94.3 Å². The molecule has 4 unspecified atom stereocenters. The van der Waals surface area contributed by atoms with Gasteiger partial charge in [-0.25, -0.2) is 16.8 Å². The van der Waals surface area contributed by atoms with Crippen molar-refractivity contribution >= 4 is 19.7 Å². The molecule has 7 heteroatoms. The zero-order chi connectivity index (χ0) is 14.1. The molecule has 0 saturated heterocycles. The van der Waals surface area contributed by atoms with Crippen LogP contribution in [-0.2, 0) is 19.7 Å². The molecular formula is C11H23NO4S2. The standard InChI is InChI=1S/C11H23NO4S2/c1-8(17(2,13)14)11(12)9-5-4-6-10(7-9)18(3,15)16/h8-11H,4-7,12H2,1-3H3. The van der Waals surface area contributed by atoms with Gasteiger partial charge in [-0.2, -0.15) is 0 Å². The van der Waals surface area contributed by atoms with Gasteiger partial charge in [0.2, 0.25) is 0 Å². The summed E-state index contributed by atoms with van der Waals surface area (Å²) in [4.78, 5) is 0. The number of sulfone groups is 2. The fraction of sp³-hybridized carbons (Fsp3) is 1.00. The molecule has 0 aromatic carbocycles. The van der Waals surface area contributed by atoms with Gasteiger partial charge in [0.15, 0.2) is 9.84 Å². The Kier molecular flexibility index (Phi) is 4.83. The minimum Gasteiger partial charge on any atom is -0.326 e. The second kappa shape index (κ2) is 5.46. The van der Waals surface area contributed by atoms with Crippen LogP contribution in [0.25, 0.3) is 0 Å². The lowest BCUT2D eigenvalue weighted by molar-refractivity contribution is 0.301. The van der Waals surface area contributed by atoms with Gasteiger partial charge in [0.1, 0.15) is 9.84 Å². The first-order chi connectivity index (χ1) is 8.03. The highest BCUT2D eigenvalue weighted by Crippen LogP contribution is 2.31. The van der Waals surface area contributed by atoms with Crippen molar-refractivity contribution in [3.8, 4) is 0 Å². The highest BCUT2D eigenvalue weighted by Gasteiger charge is 2.36. The highest BCUT2D eigenvalue weighted by atomic mass is 32.2. The van der Waals surface area contributed by atoms with E-state index in [0.29, 0.717) is 12.8 Å². The van der Waals surface area contributed by atoms with Crippen LogP contribution in [0.4, 0.5) is 0 Å². The van der Waals surface area contributed by atoms with Gasteiger partial charge in [-0.3, -0.25) is 0 Å². The lowest BCUT2D eigenvalue weighted by Crippen LogP contribution is -2.46. The van der Waals surface area contributed by atoms with Gasteiger partial charge in [-0.1, -0.05) is 6.42 Å². The molecule has 0 heterocycles. The molecule has 0 spiro atoms. The molecule has 0 aromatic heterocycles. The van der Waals surface area contributed by atoms with Crippen LogP contribution < -0.4 is 5.73 Å². The highest BCUT2D eigenvalue weighted by molar-refractivity contribution is 7.91. The molecule has 1 fully saturated rings. The smallest absolute Gasteiger partial charge is 0.151 e. The fourth-order valence-electron chi connectivity index (χ4n) is 2.59. The van der Waals surface area contributed by atoms with Gasteiger partial charge >= 0.3 is 0 Å². The summed E-state index contributed by atoms with van der Waals surface area (Å²) in [6.07, 6.45) is 5.18. The zero-order valence-electron chi connectivity index (χ0n) is 11.2. The molecule has 0 aliphatic heterocycles. The molecule has 1 saturated carbocycles. The van der Waals surface area contributed by atoms with Crippen LogP contribution in [0.2, 0.25) is 0 Å². The Balaban J connectivity index is 2.79. The van der Waals surface area contributed by atoms with E-state index in [4.69, 9.17) is 5.73 Å². The van der Waals surface area contributed by atoms with Gasteiger partial charge in [0, 0.05) is 18.6 Å². The van der Waals surface area contributed by atoms with Gasteiger partial charge in [-0.05, 0) is 32.1 Å². The van der Waals surface area contributed by atoms with Crippen molar-refractivity contribution in [3.05, 3.63) is 0 Å². The predicted octanol–water partition coefficient (Wildman–Crippen LogP) is 0.350. The second-order valence-electron chi connectivity index (χ2n) is 5.49. The lowest BCUT2D eigenvalue weighted by Gasteiger charge is -2.34. The molecule has 0 amide bonds. The summed E-state index contributed by atoms with van der Waals surface area (Å²) in [6, 6.07) is -0.482. The third kappa shape index (κ3) is 3.93. The number of rotatable bonds is 4. The van der Waals surface area contributed by atoms with Crippen LogP contribution in [0, 0.1) is 5.92 Å². The SMILES string of the molecule is CC(C(N)C1CCCC(S(C)(=O)=O)C1)S(C)(=O)=O. The average Bonchev–Trinajstić information content (AvgIpc) is 2.25. The van der Waals surface area contributed by atoms with Crippen molar-refractivity contribution in [1.29, 1.82) is 0 Å². The Morgan fingerprint density at radius 2 is 1.67 bits per heavy atom. The summed E-state index contributed by atoms with van der Waals surface area (Å²) >= 11 is 0. The summed E-state index contributed by atoms with van der Waals surface area (Å²) in [5, 5.41) is -0.991. The molecule has 0 radical (unpaired) electrons. The van der Waals surface area contributed by atoms with Crippen molar-refractivity contribution in [2.75, 3.05) is 12.5 Å². The Morgan fingerprint density at radius 1 is 1.11 bits per heavy atom. The fourth-order valence-corrected chi connectivity index (χ4v) is 4.57.